The van der Waals surface area contributed by atoms with Crippen LogP contribution in [0.1, 0.15) is 16.7 Å². The van der Waals surface area contributed by atoms with Crippen LogP contribution in [-0.2, 0) is 10.3 Å². The molecule has 0 spiro atoms. The molecule has 0 radical (unpaired) electrons. The number of carbonyl (C=O) groups excluding carboxylic acids is 1. The molecule has 0 saturated carbocycles. The van der Waals surface area contributed by atoms with Crippen molar-refractivity contribution < 1.29 is 4.79 Å². The van der Waals surface area contributed by atoms with Crippen molar-refractivity contribution in [3.63, 3.8) is 0 Å². The molecule has 2 aromatic rings. The molecular weight excluding hydrogens is 260 g/mol. The Hall–Kier alpha value is -2.13. The molecule has 94 valence electrons. The molecule has 0 saturated heterocycles. The zero-order valence-corrected chi connectivity index (χ0v) is 10.8. The summed E-state index contributed by atoms with van der Waals surface area (Å²) in [5.41, 5.74) is 4.62. The van der Waals surface area contributed by atoms with Gasteiger partial charge in [-0.25, -0.2) is 0 Å². The van der Waals surface area contributed by atoms with Crippen LogP contribution in [0.2, 0.25) is 5.02 Å². The zero-order valence-electron chi connectivity index (χ0n) is 10.0. The third-order valence-corrected chi connectivity index (χ3v) is 3.56. The number of fused-ring (bicyclic) bond motifs is 1. The number of benzene rings is 2. The zero-order chi connectivity index (χ0) is 13.3. The Balaban J connectivity index is 2.22. The van der Waals surface area contributed by atoms with Gasteiger partial charge in [0.25, 0.3) is 0 Å². The van der Waals surface area contributed by atoms with E-state index in [1.807, 2.05) is 36.4 Å². The normalized spacial score (nSPS) is 20.5. The van der Waals surface area contributed by atoms with E-state index in [-0.39, 0.29) is 0 Å². The van der Waals surface area contributed by atoms with E-state index in [4.69, 9.17) is 11.6 Å². The van der Waals surface area contributed by atoms with Gasteiger partial charge in [-0.1, -0.05) is 48.0 Å². The number of hydrogen-bond donors (Lipinski definition) is 1. The fourth-order valence-electron chi connectivity index (χ4n) is 2.32. The van der Waals surface area contributed by atoms with Gasteiger partial charge in [-0.2, -0.15) is 5.10 Å². The second kappa shape index (κ2) is 4.52. The van der Waals surface area contributed by atoms with Gasteiger partial charge in [0.05, 0.1) is 6.21 Å². The lowest BCUT2D eigenvalue weighted by atomic mass is 9.81. The molecule has 4 heteroatoms. The van der Waals surface area contributed by atoms with Crippen molar-refractivity contribution in [2.75, 3.05) is 0 Å². The molecule has 1 heterocycles. The topological polar surface area (TPSA) is 41.5 Å². The molecule has 0 bridgehead atoms. The minimum absolute atomic E-state index is 0.636. The Morgan fingerprint density at radius 2 is 1.84 bits per heavy atom. The molecule has 1 aliphatic rings. The maximum atomic E-state index is 11.8. The van der Waals surface area contributed by atoms with Gasteiger partial charge in [0.1, 0.15) is 0 Å². The van der Waals surface area contributed by atoms with E-state index in [9.17, 15) is 4.79 Å². The van der Waals surface area contributed by atoms with E-state index in [1.54, 1.807) is 18.3 Å². The molecule has 0 amide bonds. The largest absolute Gasteiger partial charge is 0.300 e. The van der Waals surface area contributed by atoms with E-state index < -0.39 is 5.54 Å². The van der Waals surface area contributed by atoms with E-state index in [0.29, 0.717) is 5.02 Å². The number of aldehydes is 1. The fraction of sp³-hybridized carbons (Fsp3) is 0.0667. The Kier molecular flexibility index (Phi) is 2.84. The lowest BCUT2D eigenvalue weighted by Crippen LogP contribution is -2.45. The standard InChI is InChI=1S/C15H11ClN2O/c16-13-7-5-12(6-8-13)15(10-19)14-4-2-1-3-11(14)9-17-18-15/h1-10,18H. The molecule has 19 heavy (non-hydrogen) atoms. The summed E-state index contributed by atoms with van der Waals surface area (Å²) in [4.78, 5) is 11.8. The SMILES string of the molecule is O=CC1(c2ccc(Cl)cc2)NN=Cc2ccccc21. The minimum Gasteiger partial charge on any atom is -0.300 e. The number of hydrogen-bond acceptors (Lipinski definition) is 3. The van der Waals surface area contributed by atoms with Gasteiger partial charge in [0, 0.05) is 10.6 Å². The molecule has 0 aliphatic carbocycles. The van der Waals surface area contributed by atoms with Crippen LogP contribution in [0, 0.1) is 0 Å². The van der Waals surface area contributed by atoms with Crippen LogP contribution >= 0.6 is 11.6 Å². The average molecular weight is 271 g/mol. The first-order valence-electron chi connectivity index (χ1n) is 5.88. The summed E-state index contributed by atoms with van der Waals surface area (Å²) < 4.78 is 0. The number of rotatable bonds is 2. The van der Waals surface area contributed by atoms with Gasteiger partial charge in [0.15, 0.2) is 11.8 Å². The number of hydrazone groups is 1. The van der Waals surface area contributed by atoms with Crippen LogP contribution in [-0.4, -0.2) is 12.5 Å². The maximum Gasteiger partial charge on any atom is 0.160 e. The first kappa shape index (κ1) is 11.9. The molecule has 1 aliphatic heterocycles. The van der Waals surface area contributed by atoms with Crippen LogP contribution in [0.4, 0.5) is 0 Å². The van der Waals surface area contributed by atoms with Gasteiger partial charge in [0.2, 0.25) is 0 Å². The minimum atomic E-state index is -0.948. The number of carbonyl (C=O) groups is 1. The quantitative estimate of drug-likeness (QED) is 0.853. The summed E-state index contributed by atoms with van der Waals surface area (Å²) in [6.45, 7) is 0. The number of halogens is 1. The smallest absolute Gasteiger partial charge is 0.160 e. The van der Waals surface area contributed by atoms with Crippen molar-refractivity contribution in [1.29, 1.82) is 0 Å². The van der Waals surface area contributed by atoms with Crippen LogP contribution in [0.3, 0.4) is 0 Å². The maximum absolute atomic E-state index is 11.8. The predicted octanol–water partition coefficient (Wildman–Crippen LogP) is 2.72. The second-order valence-corrected chi connectivity index (χ2v) is 4.83. The molecular formula is C15H11ClN2O. The van der Waals surface area contributed by atoms with Crippen LogP contribution < -0.4 is 5.43 Å². The molecule has 1 atom stereocenters. The highest BCUT2D eigenvalue weighted by Crippen LogP contribution is 2.32. The lowest BCUT2D eigenvalue weighted by Gasteiger charge is -2.32. The summed E-state index contributed by atoms with van der Waals surface area (Å²) in [7, 11) is 0. The van der Waals surface area contributed by atoms with Crippen molar-refractivity contribution >= 4 is 24.1 Å². The first-order valence-corrected chi connectivity index (χ1v) is 6.26. The molecule has 3 nitrogen and oxygen atoms in total. The van der Waals surface area contributed by atoms with E-state index in [0.717, 1.165) is 23.0 Å². The highest BCUT2D eigenvalue weighted by molar-refractivity contribution is 6.30. The Bertz CT molecular complexity index is 651. The molecule has 0 fully saturated rings. The fourth-order valence-corrected chi connectivity index (χ4v) is 2.45. The number of nitrogens with zero attached hydrogens (tertiary/aromatic N) is 1. The summed E-state index contributed by atoms with van der Waals surface area (Å²) in [6.07, 6.45) is 2.60. The monoisotopic (exact) mass is 270 g/mol. The first-order chi connectivity index (χ1) is 9.26. The van der Waals surface area contributed by atoms with Crippen molar-refractivity contribution in [3.05, 3.63) is 70.2 Å². The Morgan fingerprint density at radius 3 is 2.58 bits per heavy atom. The highest BCUT2D eigenvalue weighted by atomic mass is 35.5. The van der Waals surface area contributed by atoms with Crippen molar-refractivity contribution in [1.82, 2.24) is 5.43 Å². The van der Waals surface area contributed by atoms with E-state index >= 15 is 0 Å². The summed E-state index contributed by atoms with van der Waals surface area (Å²) in [5.74, 6) is 0. The van der Waals surface area contributed by atoms with Gasteiger partial charge >= 0.3 is 0 Å². The van der Waals surface area contributed by atoms with Gasteiger partial charge in [-0.05, 0) is 23.3 Å². The predicted molar refractivity (Wildman–Crippen MR) is 75.5 cm³/mol. The van der Waals surface area contributed by atoms with Crippen molar-refractivity contribution in [2.24, 2.45) is 5.10 Å². The third-order valence-electron chi connectivity index (χ3n) is 3.31. The second-order valence-electron chi connectivity index (χ2n) is 4.39. The number of nitrogens with one attached hydrogen (secondary N) is 1. The average Bonchev–Trinajstić information content (AvgIpc) is 2.47. The van der Waals surface area contributed by atoms with Gasteiger partial charge in [-0.15, -0.1) is 0 Å². The van der Waals surface area contributed by atoms with Gasteiger partial charge < -0.3 is 0 Å². The third kappa shape index (κ3) is 1.83. The Labute approximate surface area is 115 Å². The van der Waals surface area contributed by atoms with Crippen LogP contribution in [0.25, 0.3) is 0 Å². The molecule has 2 aromatic carbocycles. The van der Waals surface area contributed by atoms with E-state index in [2.05, 4.69) is 10.5 Å². The lowest BCUT2D eigenvalue weighted by molar-refractivity contribution is -0.112. The van der Waals surface area contributed by atoms with Gasteiger partial charge in [-0.3, -0.25) is 10.2 Å². The highest BCUT2D eigenvalue weighted by Gasteiger charge is 2.37. The summed E-state index contributed by atoms with van der Waals surface area (Å²) in [6, 6.07) is 14.9. The summed E-state index contributed by atoms with van der Waals surface area (Å²) in [5, 5.41) is 4.74. The molecule has 1 unspecified atom stereocenters. The Morgan fingerprint density at radius 1 is 1.11 bits per heavy atom. The van der Waals surface area contributed by atoms with Crippen LogP contribution in [0.15, 0.2) is 53.6 Å². The summed E-state index contributed by atoms with van der Waals surface area (Å²) >= 11 is 5.90. The van der Waals surface area contributed by atoms with Crippen molar-refractivity contribution in [2.45, 2.75) is 5.54 Å². The van der Waals surface area contributed by atoms with Crippen LogP contribution in [0.5, 0.6) is 0 Å². The molecule has 0 aromatic heterocycles. The molecule has 3 rings (SSSR count). The molecule has 1 N–H and O–H groups in total. The van der Waals surface area contributed by atoms with E-state index in [1.165, 1.54) is 0 Å². The van der Waals surface area contributed by atoms with Crippen molar-refractivity contribution in [3.8, 4) is 0 Å².